The maximum Gasteiger partial charge on any atom is 0.244 e. The number of nitrogens with zero attached hydrogens (tertiary/aromatic N) is 3. The van der Waals surface area contributed by atoms with Crippen molar-refractivity contribution >= 4 is 41.9 Å². The first-order valence-corrected chi connectivity index (χ1v) is 12.5. The lowest BCUT2D eigenvalue weighted by Gasteiger charge is -2.28. The van der Waals surface area contributed by atoms with Crippen LogP contribution in [0.1, 0.15) is 25.3 Å². The molecular formula is C21H23Br2N3O2S. The molecule has 1 aliphatic heterocycles. The van der Waals surface area contributed by atoms with Gasteiger partial charge < -0.3 is 4.90 Å². The van der Waals surface area contributed by atoms with Crippen LogP contribution < -0.4 is 0 Å². The molecule has 1 aliphatic rings. The first-order chi connectivity index (χ1) is 13.8. The van der Waals surface area contributed by atoms with E-state index in [1.165, 1.54) is 5.56 Å². The second kappa shape index (κ2) is 9.61. The van der Waals surface area contributed by atoms with Crippen LogP contribution in [-0.2, 0) is 16.4 Å². The average Bonchev–Trinajstić information content (AvgIpc) is 3.07. The van der Waals surface area contributed by atoms with Crippen molar-refractivity contribution in [2.75, 3.05) is 13.1 Å². The van der Waals surface area contributed by atoms with E-state index in [0.717, 1.165) is 6.42 Å². The maximum atomic E-state index is 13.6. The van der Waals surface area contributed by atoms with Crippen molar-refractivity contribution < 1.29 is 8.42 Å². The van der Waals surface area contributed by atoms with Gasteiger partial charge in [-0.2, -0.15) is 9.57 Å². The molecule has 0 N–H and O–H groups in total. The van der Waals surface area contributed by atoms with Gasteiger partial charge >= 0.3 is 0 Å². The second-order valence-electron chi connectivity index (χ2n) is 7.27. The van der Waals surface area contributed by atoms with Gasteiger partial charge in [-0.3, -0.25) is 0 Å². The smallest absolute Gasteiger partial charge is 0.244 e. The van der Waals surface area contributed by atoms with Crippen LogP contribution in [0.25, 0.3) is 0 Å². The highest BCUT2D eigenvalue weighted by Gasteiger charge is 2.39. The predicted molar refractivity (Wildman–Crippen MR) is 121 cm³/mol. The molecule has 1 heterocycles. The Hall–Kier alpha value is -1.40. The number of halogens is 2. The van der Waals surface area contributed by atoms with Crippen molar-refractivity contribution in [2.45, 2.75) is 43.2 Å². The standard InChI is InChI=1S/C21H23Br2N3O2S/c1-16-12-19(14-25(16)15-24)26(11-5-8-17-6-3-2-4-7-17)29(27,28)21-13-18(22)9-10-20(21)23/h2-4,6-7,9-10,13,16,19H,5,8,11-12,14H2,1H3/t16-,19-/m0/s1. The van der Waals surface area contributed by atoms with E-state index >= 15 is 0 Å². The highest BCUT2D eigenvalue weighted by molar-refractivity contribution is 9.11. The van der Waals surface area contributed by atoms with E-state index in [1.807, 2.05) is 25.1 Å². The molecule has 0 aromatic heterocycles. The van der Waals surface area contributed by atoms with Gasteiger partial charge in [-0.05, 0) is 65.9 Å². The summed E-state index contributed by atoms with van der Waals surface area (Å²) in [6.45, 7) is 2.80. The number of sulfonamides is 1. The maximum absolute atomic E-state index is 13.6. The van der Waals surface area contributed by atoms with Crippen LogP contribution >= 0.6 is 31.9 Å². The predicted octanol–water partition coefficient (Wildman–Crippen LogP) is 4.78. The lowest BCUT2D eigenvalue weighted by atomic mass is 10.1. The second-order valence-corrected chi connectivity index (χ2v) is 10.9. The molecule has 8 heteroatoms. The Balaban J connectivity index is 1.87. The Morgan fingerprint density at radius 1 is 1.21 bits per heavy atom. The normalized spacial score (nSPS) is 19.5. The molecule has 1 fully saturated rings. The van der Waals surface area contributed by atoms with Crippen molar-refractivity contribution in [2.24, 2.45) is 0 Å². The van der Waals surface area contributed by atoms with E-state index < -0.39 is 10.0 Å². The third-order valence-corrected chi connectivity index (χ3v) is 8.69. The van der Waals surface area contributed by atoms with Gasteiger partial charge in [-0.25, -0.2) is 8.42 Å². The molecule has 0 unspecified atom stereocenters. The Kier molecular flexibility index (Phi) is 7.38. The van der Waals surface area contributed by atoms with Crippen molar-refractivity contribution in [1.29, 1.82) is 5.26 Å². The minimum atomic E-state index is -3.73. The van der Waals surface area contributed by atoms with Gasteiger partial charge in [0.15, 0.2) is 6.19 Å². The van der Waals surface area contributed by atoms with E-state index in [4.69, 9.17) is 0 Å². The molecule has 3 rings (SSSR count). The molecule has 1 saturated heterocycles. The van der Waals surface area contributed by atoms with E-state index in [0.29, 0.717) is 34.9 Å². The molecule has 29 heavy (non-hydrogen) atoms. The molecule has 0 bridgehead atoms. The molecule has 2 aromatic carbocycles. The van der Waals surface area contributed by atoms with Gasteiger partial charge in [0.05, 0.1) is 4.90 Å². The van der Waals surface area contributed by atoms with Crippen LogP contribution in [-0.4, -0.2) is 42.8 Å². The summed E-state index contributed by atoms with van der Waals surface area (Å²) in [6, 6.07) is 15.0. The summed E-state index contributed by atoms with van der Waals surface area (Å²) < 4.78 is 30.1. The Labute approximate surface area is 189 Å². The molecular weight excluding hydrogens is 518 g/mol. The van der Waals surface area contributed by atoms with E-state index in [1.54, 1.807) is 27.4 Å². The minimum Gasteiger partial charge on any atom is -0.306 e. The fraction of sp³-hybridized carbons (Fsp3) is 0.381. The third-order valence-electron chi connectivity index (χ3n) is 5.26. The molecule has 0 amide bonds. The van der Waals surface area contributed by atoms with E-state index in [9.17, 15) is 13.7 Å². The number of hydrogen-bond donors (Lipinski definition) is 0. The summed E-state index contributed by atoms with van der Waals surface area (Å²) in [6.07, 6.45) is 4.35. The van der Waals surface area contributed by atoms with Crippen LogP contribution in [0.2, 0.25) is 0 Å². The van der Waals surface area contributed by atoms with Gasteiger partial charge in [0.2, 0.25) is 10.0 Å². The Morgan fingerprint density at radius 2 is 1.93 bits per heavy atom. The number of likely N-dealkylation sites (tertiary alicyclic amines) is 1. The molecule has 0 spiro atoms. The van der Waals surface area contributed by atoms with Gasteiger partial charge in [-0.1, -0.05) is 46.3 Å². The SMILES string of the molecule is C[C@H]1C[C@H](N(CCCc2ccccc2)S(=O)(=O)c2cc(Br)ccc2Br)CN1C#N. The number of hydrogen-bond acceptors (Lipinski definition) is 4. The van der Waals surface area contributed by atoms with Crippen LogP contribution in [0.4, 0.5) is 0 Å². The van der Waals surface area contributed by atoms with Crippen molar-refractivity contribution in [3.63, 3.8) is 0 Å². The number of benzene rings is 2. The lowest BCUT2D eigenvalue weighted by Crippen LogP contribution is -2.42. The molecule has 5 nitrogen and oxygen atoms in total. The van der Waals surface area contributed by atoms with Crippen LogP contribution in [0, 0.1) is 11.5 Å². The highest BCUT2D eigenvalue weighted by atomic mass is 79.9. The molecule has 0 radical (unpaired) electrons. The third kappa shape index (κ3) is 5.21. The largest absolute Gasteiger partial charge is 0.306 e. The summed E-state index contributed by atoms with van der Waals surface area (Å²) >= 11 is 6.78. The van der Waals surface area contributed by atoms with Gasteiger partial charge in [-0.15, -0.1) is 0 Å². The zero-order chi connectivity index (χ0) is 21.0. The number of nitriles is 1. The first kappa shape index (κ1) is 22.3. The summed E-state index contributed by atoms with van der Waals surface area (Å²) in [5.74, 6) is 0. The summed E-state index contributed by atoms with van der Waals surface area (Å²) in [4.78, 5) is 1.91. The van der Waals surface area contributed by atoms with Crippen molar-refractivity contribution in [1.82, 2.24) is 9.21 Å². The lowest BCUT2D eigenvalue weighted by molar-refractivity contribution is 0.315. The molecule has 2 atom stereocenters. The molecule has 0 aliphatic carbocycles. The van der Waals surface area contributed by atoms with E-state index in [2.05, 4.69) is 50.2 Å². The van der Waals surface area contributed by atoms with Crippen LogP contribution in [0.15, 0.2) is 62.4 Å². The summed E-state index contributed by atoms with van der Waals surface area (Å²) in [5, 5.41) is 9.36. The molecule has 2 aromatic rings. The topological polar surface area (TPSA) is 64.4 Å². The van der Waals surface area contributed by atoms with Crippen molar-refractivity contribution in [3.05, 3.63) is 63.0 Å². The number of aryl methyl sites for hydroxylation is 1. The molecule has 0 saturated carbocycles. The van der Waals surface area contributed by atoms with Gasteiger partial charge in [0, 0.05) is 34.1 Å². The van der Waals surface area contributed by atoms with Crippen LogP contribution in [0.5, 0.6) is 0 Å². The highest BCUT2D eigenvalue weighted by Crippen LogP contribution is 2.32. The Bertz CT molecular complexity index is 993. The van der Waals surface area contributed by atoms with Gasteiger partial charge in [0.1, 0.15) is 0 Å². The van der Waals surface area contributed by atoms with Crippen molar-refractivity contribution in [3.8, 4) is 6.19 Å². The summed E-state index contributed by atoms with van der Waals surface area (Å²) in [5.41, 5.74) is 1.19. The monoisotopic (exact) mass is 539 g/mol. The average molecular weight is 541 g/mol. The quantitative estimate of drug-likeness (QED) is 0.474. The van der Waals surface area contributed by atoms with Gasteiger partial charge in [0.25, 0.3) is 0 Å². The molecule has 154 valence electrons. The minimum absolute atomic E-state index is 0.0303. The Morgan fingerprint density at radius 3 is 2.59 bits per heavy atom. The number of rotatable bonds is 7. The zero-order valence-electron chi connectivity index (χ0n) is 16.1. The zero-order valence-corrected chi connectivity index (χ0v) is 20.1. The van der Waals surface area contributed by atoms with Crippen LogP contribution in [0.3, 0.4) is 0 Å². The fourth-order valence-corrected chi connectivity index (χ4v) is 6.87. The fourth-order valence-electron chi connectivity index (χ4n) is 3.73. The van der Waals surface area contributed by atoms with E-state index in [-0.39, 0.29) is 17.0 Å². The first-order valence-electron chi connectivity index (χ1n) is 9.50. The summed E-state index contributed by atoms with van der Waals surface area (Å²) in [7, 11) is -3.73.